The lowest BCUT2D eigenvalue weighted by Gasteiger charge is -2.13. The van der Waals surface area contributed by atoms with Crippen molar-refractivity contribution in [3.8, 4) is 39.5 Å². The maximum Gasteiger partial charge on any atom is 0.236 e. The highest BCUT2D eigenvalue weighted by atomic mass is 32.1. The smallest absolute Gasteiger partial charge is 0.236 e. The number of benzene rings is 7. The zero-order valence-corrected chi connectivity index (χ0v) is 28.1. The van der Waals surface area contributed by atoms with E-state index in [2.05, 4.69) is 150 Å². The summed E-state index contributed by atoms with van der Waals surface area (Å²) in [5, 5.41) is 5.83. The molecule has 51 heavy (non-hydrogen) atoms. The molecule has 5 heteroatoms. The number of thiophene rings is 1. The molecule has 0 N–H and O–H groups in total. The Bertz CT molecular complexity index is 3080. The van der Waals surface area contributed by atoms with Gasteiger partial charge in [0.15, 0.2) is 5.58 Å². The first kappa shape index (κ1) is 28.3. The molecule has 0 atom stereocenters. The van der Waals surface area contributed by atoms with Crippen LogP contribution >= 0.6 is 11.3 Å². The second-order valence-corrected chi connectivity index (χ2v) is 14.1. The minimum Gasteiger partial charge on any atom is -0.452 e. The molecule has 11 rings (SSSR count). The highest BCUT2D eigenvalue weighted by molar-refractivity contribution is 7.25. The molecule has 0 bridgehead atoms. The largest absolute Gasteiger partial charge is 0.452 e. The first-order chi connectivity index (χ1) is 25.3. The molecule has 4 heterocycles. The van der Waals surface area contributed by atoms with Crippen molar-refractivity contribution in [1.82, 2.24) is 14.5 Å². The number of aromatic nitrogens is 3. The molecule has 0 aliphatic heterocycles. The van der Waals surface area contributed by atoms with Crippen LogP contribution in [0, 0.1) is 0 Å². The number of nitrogens with zero attached hydrogens (tertiary/aromatic N) is 3. The maximum absolute atomic E-state index is 6.64. The molecule has 0 aliphatic rings. The summed E-state index contributed by atoms with van der Waals surface area (Å²) in [4.78, 5) is 10.8. The van der Waals surface area contributed by atoms with Crippen LogP contribution in [0.25, 0.3) is 104 Å². The van der Waals surface area contributed by atoms with Crippen LogP contribution in [0.4, 0.5) is 0 Å². The molecule has 7 aromatic carbocycles. The lowest BCUT2D eigenvalue weighted by Crippen LogP contribution is -2.03. The standard InChI is InChI=1S/C46H27N3OS/c1-3-13-28(14-4-1)30-23-31(29-15-5-2-6-16-29)25-32(24-30)43-45-44(35-19-8-11-21-40(35)50-45)48-46(47-43)49-38-20-10-7-17-33(38)36-27-42-37(26-39(36)49)34-18-9-12-22-41(34)51-42/h1-27H. The Hall–Kier alpha value is -6.56. The van der Waals surface area contributed by atoms with Crippen LogP contribution in [-0.4, -0.2) is 14.5 Å². The van der Waals surface area contributed by atoms with Gasteiger partial charge in [0, 0.05) is 41.9 Å². The third-order valence-corrected chi connectivity index (χ3v) is 11.1. The van der Waals surface area contributed by atoms with Gasteiger partial charge in [0.05, 0.1) is 11.0 Å². The van der Waals surface area contributed by atoms with Crippen molar-refractivity contribution in [2.45, 2.75) is 0 Å². The Morgan fingerprint density at radius 2 is 1.06 bits per heavy atom. The molecule has 0 unspecified atom stereocenters. The van der Waals surface area contributed by atoms with Crippen molar-refractivity contribution in [1.29, 1.82) is 0 Å². The van der Waals surface area contributed by atoms with Crippen LogP contribution < -0.4 is 0 Å². The second kappa shape index (κ2) is 11.0. The van der Waals surface area contributed by atoms with E-state index in [1.807, 2.05) is 29.5 Å². The van der Waals surface area contributed by atoms with Gasteiger partial charge in [-0.3, -0.25) is 4.57 Å². The average Bonchev–Trinajstić information content (AvgIpc) is 3.86. The van der Waals surface area contributed by atoms with Crippen LogP contribution in [-0.2, 0) is 0 Å². The van der Waals surface area contributed by atoms with Crippen molar-refractivity contribution in [2.75, 3.05) is 0 Å². The van der Waals surface area contributed by atoms with Gasteiger partial charge in [0.2, 0.25) is 5.95 Å². The van der Waals surface area contributed by atoms with Crippen LogP contribution in [0.2, 0.25) is 0 Å². The molecule has 0 saturated carbocycles. The Kier molecular flexibility index (Phi) is 6.09. The molecule has 0 radical (unpaired) electrons. The fourth-order valence-corrected chi connectivity index (χ4v) is 8.76. The van der Waals surface area contributed by atoms with Crippen molar-refractivity contribution in [3.05, 3.63) is 164 Å². The van der Waals surface area contributed by atoms with Gasteiger partial charge in [-0.05, 0) is 76.9 Å². The lowest BCUT2D eigenvalue weighted by molar-refractivity contribution is 0.666. The number of hydrogen-bond donors (Lipinski definition) is 0. The summed E-state index contributed by atoms with van der Waals surface area (Å²) in [7, 11) is 0. The molecule has 0 amide bonds. The Morgan fingerprint density at radius 1 is 0.431 bits per heavy atom. The van der Waals surface area contributed by atoms with Crippen LogP contribution in [0.5, 0.6) is 0 Å². The fraction of sp³-hybridized carbons (Fsp3) is 0. The van der Waals surface area contributed by atoms with Crippen LogP contribution in [0.1, 0.15) is 0 Å². The van der Waals surface area contributed by atoms with E-state index < -0.39 is 0 Å². The van der Waals surface area contributed by atoms with Crippen molar-refractivity contribution < 1.29 is 4.42 Å². The van der Waals surface area contributed by atoms with Gasteiger partial charge in [-0.15, -0.1) is 11.3 Å². The fourth-order valence-electron chi connectivity index (χ4n) is 7.64. The molecule has 4 nitrogen and oxygen atoms in total. The summed E-state index contributed by atoms with van der Waals surface area (Å²) < 4.78 is 11.4. The van der Waals surface area contributed by atoms with Gasteiger partial charge in [-0.1, -0.05) is 109 Å². The number of hydrogen-bond acceptors (Lipinski definition) is 4. The first-order valence-corrected chi connectivity index (χ1v) is 17.9. The van der Waals surface area contributed by atoms with Gasteiger partial charge in [-0.2, -0.15) is 0 Å². The molecule has 4 aromatic heterocycles. The summed E-state index contributed by atoms with van der Waals surface area (Å²) in [6.45, 7) is 0. The molecular formula is C46H27N3OS. The van der Waals surface area contributed by atoms with Crippen molar-refractivity contribution in [3.63, 3.8) is 0 Å². The van der Waals surface area contributed by atoms with Crippen LogP contribution in [0.3, 0.4) is 0 Å². The van der Waals surface area contributed by atoms with Gasteiger partial charge in [0.25, 0.3) is 0 Å². The number of para-hydroxylation sites is 2. The molecule has 0 spiro atoms. The van der Waals surface area contributed by atoms with Gasteiger partial charge >= 0.3 is 0 Å². The van der Waals surface area contributed by atoms with E-state index >= 15 is 0 Å². The molecule has 0 saturated heterocycles. The van der Waals surface area contributed by atoms with E-state index in [0.29, 0.717) is 11.5 Å². The molecule has 238 valence electrons. The normalized spacial score (nSPS) is 11.9. The first-order valence-electron chi connectivity index (χ1n) is 17.1. The Balaban J connectivity index is 1.25. The maximum atomic E-state index is 6.64. The third-order valence-electron chi connectivity index (χ3n) is 10.00. The predicted molar refractivity (Wildman–Crippen MR) is 213 cm³/mol. The molecule has 0 fully saturated rings. The van der Waals surface area contributed by atoms with Crippen molar-refractivity contribution in [2.24, 2.45) is 0 Å². The summed E-state index contributed by atoms with van der Waals surface area (Å²) >= 11 is 1.84. The van der Waals surface area contributed by atoms with E-state index in [4.69, 9.17) is 14.4 Å². The monoisotopic (exact) mass is 669 g/mol. The summed E-state index contributed by atoms with van der Waals surface area (Å²) in [6, 6.07) is 57.8. The SMILES string of the molecule is c1ccc(-c2cc(-c3ccccc3)cc(-c3nc(-n4c5ccccc5c5cc6sc7ccccc7c6cc54)nc4c3oc3ccccc34)c2)cc1. The topological polar surface area (TPSA) is 43.9 Å². The molecule has 0 aliphatic carbocycles. The zero-order chi connectivity index (χ0) is 33.5. The average molecular weight is 670 g/mol. The summed E-state index contributed by atoms with van der Waals surface area (Å²) in [6.07, 6.45) is 0. The third kappa shape index (κ3) is 4.38. The van der Waals surface area contributed by atoms with E-state index in [-0.39, 0.29) is 0 Å². The van der Waals surface area contributed by atoms with E-state index in [9.17, 15) is 0 Å². The zero-order valence-electron chi connectivity index (χ0n) is 27.2. The quantitative estimate of drug-likeness (QED) is 0.187. The highest BCUT2D eigenvalue weighted by Crippen LogP contribution is 2.42. The van der Waals surface area contributed by atoms with Crippen LogP contribution in [0.15, 0.2) is 168 Å². The second-order valence-electron chi connectivity index (χ2n) is 13.0. The van der Waals surface area contributed by atoms with E-state index in [1.54, 1.807) is 0 Å². The van der Waals surface area contributed by atoms with Gasteiger partial charge < -0.3 is 4.42 Å². The molecular weight excluding hydrogens is 643 g/mol. The number of fused-ring (bicyclic) bond motifs is 9. The van der Waals surface area contributed by atoms with E-state index in [1.165, 1.54) is 30.9 Å². The Morgan fingerprint density at radius 3 is 1.82 bits per heavy atom. The predicted octanol–water partition coefficient (Wildman–Crippen LogP) is 12.8. The molecule has 11 aromatic rings. The van der Waals surface area contributed by atoms with E-state index in [0.717, 1.165) is 61.0 Å². The highest BCUT2D eigenvalue weighted by Gasteiger charge is 2.22. The summed E-state index contributed by atoms with van der Waals surface area (Å²) in [5.41, 5.74) is 10.6. The Labute approximate surface area is 296 Å². The summed E-state index contributed by atoms with van der Waals surface area (Å²) in [5.74, 6) is 0.612. The number of furan rings is 1. The number of rotatable bonds is 4. The van der Waals surface area contributed by atoms with Gasteiger partial charge in [-0.25, -0.2) is 9.97 Å². The van der Waals surface area contributed by atoms with Crippen molar-refractivity contribution >= 4 is 75.4 Å². The minimum absolute atomic E-state index is 0.612. The van der Waals surface area contributed by atoms with Gasteiger partial charge in [0.1, 0.15) is 16.8 Å². The minimum atomic E-state index is 0.612. The lowest BCUT2D eigenvalue weighted by atomic mass is 9.95.